The van der Waals surface area contributed by atoms with Crippen molar-refractivity contribution in [3.05, 3.63) is 29.8 Å². The summed E-state index contributed by atoms with van der Waals surface area (Å²) in [6.07, 6.45) is 2.63. The second kappa shape index (κ2) is 6.14. The maximum Gasteiger partial charge on any atom is 0.254 e. The van der Waals surface area contributed by atoms with Crippen molar-refractivity contribution in [3.63, 3.8) is 0 Å². The third-order valence-electron chi connectivity index (χ3n) is 4.75. The molecule has 5 heteroatoms. The lowest BCUT2D eigenvalue weighted by atomic mass is 10.0. The molecule has 122 valence electrons. The Labute approximate surface area is 136 Å². The third-order valence-corrected chi connectivity index (χ3v) is 4.75. The summed E-state index contributed by atoms with van der Waals surface area (Å²) in [6, 6.07) is 7.10. The molecule has 0 saturated carbocycles. The number of imide groups is 1. The third kappa shape index (κ3) is 2.87. The van der Waals surface area contributed by atoms with Crippen LogP contribution in [-0.2, 0) is 9.59 Å². The standard InChI is InChI=1S/C18H22N2O3/c1-12(2)15-4-3-11-19(15)18(23)13-5-7-14(8-6-13)20-16(21)9-10-17(20)22/h5-8,12,15H,3-4,9-11H2,1-2H3. The van der Waals surface area contributed by atoms with E-state index in [4.69, 9.17) is 0 Å². The molecule has 3 rings (SSSR count). The van der Waals surface area contributed by atoms with Gasteiger partial charge in [-0.05, 0) is 43.0 Å². The number of likely N-dealkylation sites (tertiary alicyclic amines) is 1. The summed E-state index contributed by atoms with van der Waals surface area (Å²) in [6.45, 7) is 5.08. The highest BCUT2D eigenvalue weighted by Crippen LogP contribution is 2.27. The van der Waals surface area contributed by atoms with Gasteiger partial charge >= 0.3 is 0 Å². The quantitative estimate of drug-likeness (QED) is 0.806. The molecule has 0 aliphatic carbocycles. The Morgan fingerprint density at radius 1 is 1.09 bits per heavy atom. The highest BCUT2D eigenvalue weighted by Gasteiger charge is 2.32. The van der Waals surface area contributed by atoms with Crippen molar-refractivity contribution in [2.24, 2.45) is 5.92 Å². The predicted octanol–water partition coefficient (Wildman–Crippen LogP) is 2.60. The van der Waals surface area contributed by atoms with E-state index >= 15 is 0 Å². The summed E-state index contributed by atoms with van der Waals surface area (Å²) < 4.78 is 0. The minimum absolute atomic E-state index is 0.0341. The van der Waals surface area contributed by atoms with Gasteiger partial charge in [0, 0.05) is 31.0 Å². The Hall–Kier alpha value is -2.17. The van der Waals surface area contributed by atoms with Crippen molar-refractivity contribution in [1.82, 2.24) is 4.90 Å². The number of benzene rings is 1. The molecule has 0 radical (unpaired) electrons. The SMILES string of the molecule is CC(C)C1CCCN1C(=O)c1ccc(N2C(=O)CCC2=O)cc1. The molecule has 3 amide bonds. The van der Waals surface area contributed by atoms with Crippen LogP contribution in [0, 0.1) is 5.92 Å². The molecular formula is C18H22N2O3. The second-order valence-corrected chi connectivity index (χ2v) is 6.62. The first kappa shape index (κ1) is 15.7. The van der Waals surface area contributed by atoms with Gasteiger partial charge in [0.25, 0.3) is 5.91 Å². The first-order valence-corrected chi connectivity index (χ1v) is 8.26. The van der Waals surface area contributed by atoms with E-state index in [1.807, 2.05) is 4.90 Å². The van der Waals surface area contributed by atoms with E-state index in [0.717, 1.165) is 19.4 Å². The molecule has 0 aromatic heterocycles. The van der Waals surface area contributed by atoms with Gasteiger partial charge in [-0.2, -0.15) is 0 Å². The average molecular weight is 314 g/mol. The Morgan fingerprint density at radius 2 is 1.70 bits per heavy atom. The number of carbonyl (C=O) groups is 3. The van der Waals surface area contributed by atoms with Gasteiger partial charge in [-0.1, -0.05) is 13.8 Å². The number of amides is 3. The number of nitrogens with zero attached hydrogens (tertiary/aromatic N) is 2. The van der Waals surface area contributed by atoms with Crippen LogP contribution in [0.2, 0.25) is 0 Å². The van der Waals surface area contributed by atoms with Gasteiger partial charge in [0.1, 0.15) is 0 Å². The molecule has 2 aliphatic rings. The number of carbonyl (C=O) groups excluding carboxylic acids is 3. The van der Waals surface area contributed by atoms with E-state index in [9.17, 15) is 14.4 Å². The maximum atomic E-state index is 12.7. The average Bonchev–Trinajstić information content (AvgIpc) is 3.14. The topological polar surface area (TPSA) is 57.7 Å². The van der Waals surface area contributed by atoms with Gasteiger partial charge < -0.3 is 4.90 Å². The first-order chi connectivity index (χ1) is 11.0. The second-order valence-electron chi connectivity index (χ2n) is 6.62. The van der Waals surface area contributed by atoms with E-state index in [-0.39, 0.29) is 30.6 Å². The van der Waals surface area contributed by atoms with Crippen LogP contribution in [0.3, 0.4) is 0 Å². The lowest BCUT2D eigenvalue weighted by Crippen LogP contribution is -2.38. The number of rotatable bonds is 3. The normalized spacial score (nSPS) is 21.6. The van der Waals surface area contributed by atoms with E-state index < -0.39 is 0 Å². The molecule has 2 aliphatic heterocycles. The fourth-order valence-corrected chi connectivity index (χ4v) is 3.52. The zero-order chi connectivity index (χ0) is 16.6. The van der Waals surface area contributed by atoms with Crippen molar-refractivity contribution in [2.45, 2.75) is 45.6 Å². The van der Waals surface area contributed by atoms with Crippen LogP contribution < -0.4 is 4.90 Å². The Balaban J connectivity index is 1.78. The predicted molar refractivity (Wildman–Crippen MR) is 87.1 cm³/mol. The van der Waals surface area contributed by atoms with Gasteiger partial charge in [-0.15, -0.1) is 0 Å². The monoisotopic (exact) mass is 314 g/mol. The first-order valence-electron chi connectivity index (χ1n) is 8.26. The molecule has 2 heterocycles. The van der Waals surface area contributed by atoms with Gasteiger partial charge in [-0.3, -0.25) is 19.3 Å². The minimum atomic E-state index is -0.173. The van der Waals surface area contributed by atoms with Crippen LogP contribution in [0.5, 0.6) is 0 Å². The largest absolute Gasteiger partial charge is 0.335 e. The van der Waals surface area contributed by atoms with Crippen LogP contribution in [-0.4, -0.2) is 35.2 Å². The zero-order valence-electron chi connectivity index (χ0n) is 13.6. The molecule has 1 aromatic carbocycles. The Kier molecular flexibility index (Phi) is 4.20. The zero-order valence-corrected chi connectivity index (χ0v) is 13.6. The van der Waals surface area contributed by atoms with Gasteiger partial charge in [-0.25, -0.2) is 0 Å². The van der Waals surface area contributed by atoms with Crippen LogP contribution in [0.25, 0.3) is 0 Å². The van der Waals surface area contributed by atoms with Gasteiger partial charge in [0.05, 0.1) is 5.69 Å². The summed E-state index contributed by atoms with van der Waals surface area (Å²) in [4.78, 5) is 39.4. The highest BCUT2D eigenvalue weighted by molar-refractivity contribution is 6.19. The molecule has 2 fully saturated rings. The molecule has 5 nitrogen and oxygen atoms in total. The van der Waals surface area contributed by atoms with E-state index in [1.54, 1.807) is 24.3 Å². The summed E-state index contributed by atoms with van der Waals surface area (Å²) in [7, 11) is 0. The van der Waals surface area contributed by atoms with Crippen molar-refractivity contribution in [1.29, 1.82) is 0 Å². The van der Waals surface area contributed by atoms with Gasteiger partial charge in [0.2, 0.25) is 11.8 Å². The number of hydrogen-bond donors (Lipinski definition) is 0. The molecule has 23 heavy (non-hydrogen) atoms. The van der Waals surface area contributed by atoms with Crippen LogP contribution >= 0.6 is 0 Å². The lowest BCUT2D eigenvalue weighted by molar-refractivity contribution is -0.121. The molecule has 0 N–H and O–H groups in total. The summed E-state index contributed by atoms with van der Waals surface area (Å²) in [5.41, 5.74) is 1.16. The molecular weight excluding hydrogens is 292 g/mol. The van der Waals surface area contributed by atoms with E-state index in [1.165, 1.54) is 4.90 Å². The van der Waals surface area contributed by atoms with Crippen molar-refractivity contribution >= 4 is 23.4 Å². The van der Waals surface area contributed by atoms with E-state index in [0.29, 0.717) is 23.2 Å². The smallest absolute Gasteiger partial charge is 0.254 e. The van der Waals surface area contributed by atoms with Crippen LogP contribution in [0.1, 0.15) is 49.9 Å². The van der Waals surface area contributed by atoms with Crippen molar-refractivity contribution < 1.29 is 14.4 Å². The number of anilines is 1. The maximum absolute atomic E-state index is 12.7. The van der Waals surface area contributed by atoms with Crippen LogP contribution in [0.15, 0.2) is 24.3 Å². The molecule has 1 atom stereocenters. The lowest BCUT2D eigenvalue weighted by Gasteiger charge is -2.28. The molecule has 0 bridgehead atoms. The fraction of sp³-hybridized carbons (Fsp3) is 0.500. The molecule has 1 unspecified atom stereocenters. The van der Waals surface area contributed by atoms with Gasteiger partial charge in [0.15, 0.2) is 0 Å². The Morgan fingerprint density at radius 3 is 2.26 bits per heavy atom. The highest BCUT2D eigenvalue weighted by atomic mass is 16.2. The van der Waals surface area contributed by atoms with Crippen molar-refractivity contribution in [2.75, 3.05) is 11.4 Å². The minimum Gasteiger partial charge on any atom is -0.335 e. The summed E-state index contributed by atoms with van der Waals surface area (Å²) in [5.74, 6) is 0.134. The van der Waals surface area contributed by atoms with Crippen LogP contribution in [0.4, 0.5) is 5.69 Å². The molecule has 0 spiro atoms. The van der Waals surface area contributed by atoms with Crippen molar-refractivity contribution in [3.8, 4) is 0 Å². The summed E-state index contributed by atoms with van der Waals surface area (Å²) in [5, 5.41) is 0. The fourth-order valence-electron chi connectivity index (χ4n) is 3.52. The number of hydrogen-bond acceptors (Lipinski definition) is 3. The molecule has 1 aromatic rings. The van der Waals surface area contributed by atoms with E-state index in [2.05, 4.69) is 13.8 Å². The Bertz CT molecular complexity index is 620. The summed E-state index contributed by atoms with van der Waals surface area (Å²) >= 11 is 0. The molecule has 2 saturated heterocycles.